The van der Waals surface area contributed by atoms with Crippen LogP contribution in [-0.4, -0.2) is 29.7 Å². The summed E-state index contributed by atoms with van der Waals surface area (Å²) in [5.74, 6) is 0.665. The summed E-state index contributed by atoms with van der Waals surface area (Å²) < 4.78 is 45.0. The van der Waals surface area contributed by atoms with Gasteiger partial charge in [0, 0.05) is 30.6 Å². The van der Waals surface area contributed by atoms with Gasteiger partial charge in [-0.25, -0.2) is 15.0 Å². The molecule has 3 aromatic heterocycles. The molecule has 0 saturated heterocycles. The van der Waals surface area contributed by atoms with E-state index in [1.807, 2.05) is 0 Å². The molecule has 0 N–H and O–H groups in total. The van der Waals surface area contributed by atoms with Crippen LogP contribution in [0.2, 0.25) is 5.28 Å². The van der Waals surface area contributed by atoms with Crippen molar-refractivity contribution >= 4 is 11.6 Å². The maximum atomic E-state index is 12.8. The summed E-state index contributed by atoms with van der Waals surface area (Å²) in [6.45, 7) is 0. The minimum absolute atomic E-state index is 0.0508. The first-order valence-electron chi connectivity index (χ1n) is 7.85. The topological polar surface area (TPSA) is 82.5 Å². The van der Waals surface area contributed by atoms with E-state index in [1.54, 1.807) is 30.3 Å². The molecular weight excluding hydrogens is 397 g/mol. The van der Waals surface area contributed by atoms with E-state index in [4.69, 9.17) is 16.1 Å². The minimum Gasteiger partial charge on any atom is -0.333 e. The molecule has 0 aliphatic carbocycles. The molecule has 4 aromatic rings. The molecule has 0 atom stereocenters. The summed E-state index contributed by atoms with van der Waals surface area (Å²) in [6.07, 6.45) is -2.09. The van der Waals surface area contributed by atoms with Gasteiger partial charge in [-0.1, -0.05) is 29.4 Å². The molecule has 28 heavy (non-hydrogen) atoms. The first kappa shape index (κ1) is 18.1. The van der Waals surface area contributed by atoms with E-state index in [1.165, 1.54) is 17.8 Å². The Labute approximate surface area is 160 Å². The SMILES string of the molecule is Cn1cc(C(F)(F)F)nc1-c1ccc(-c2noc(-c3ccnc(Cl)n3)n2)cc1. The molecule has 0 saturated carbocycles. The lowest BCUT2D eigenvalue weighted by molar-refractivity contribution is -0.140. The van der Waals surface area contributed by atoms with Gasteiger partial charge in [0.1, 0.15) is 11.5 Å². The van der Waals surface area contributed by atoms with Crippen molar-refractivity contribution in [3.05, 3.63) is 53.7 Å². The van der Waals surface area contributed by atoms with Crippen LogP contribution in [0.3, 0.4) is 0 Å². The van der Waals surface area contributed by atoms with E-state index >= 15 is 0 Å². The zero-order valence-electron chi connectivity index (χ0n) is 14.1. The Bertz CT molecular complexity index is 1140. The summed E-state index contributed by atoms with van der Waals surface area (Å²) in [6, 6.07) is 8.17. The van der Waals surface area contributed by atoms with Crippen LogP contribution in [0.15, 0.2) is 47.2 Å². The summed E-state index contributed by atoms with van der Waals surface area (Å²) in [7, 11) is 1.50. The summed E-state index contributed by atoms with van der Waals surface area (Å²) in [5, 5.41) is 3.94. The number of hydrogen-bond donors (Lipinski definition) is 0. The Morgan fingerprint density at radius 1 is 1.00 bits per heavy atom. The average molecular weight is 407 g/mol. The average Bonchev–Trinajstić information content (AvgIpc) is 3.29. The third-order valence-corrected chi connectivity index (χ3v) is 4.02. The van der Waals surface area contributed by atoms with Crippen LogP contribution in [-0.2, 0) is 13.2 Å². The number of halogens is 4. The smallest absolute Gasteiger partial charge is 0.333 e. The fourth-order valence-corrected chi connectivity index (χ4v) is 2.69. The molecule has 0 radical (unpaired) electrons. The van der Waals surface area contributed by atoms with Crippen LogP contribution in [0, 0.1) is 0 Å². The minimum atomic E-state index is -4.50. The van der Waals surface area contributed by atoms with Gasteiger partial charge in [0.2, 0.25) is 11.1 Å². The third-order valence-electron chi connectivity index (χ3n) is 3.84. The number of imidazole rings is 1. The predicted molar refractivity (Wildman–Crippen MR) is 93.0 cm³/mol. The van der Waals surface area contributed by atoms with Gasteiger partial charge >= 0.3 is 6.18 Å². The fraction of sp³-hybridized carbons (Fsp3) is 0.118. The standard InChI is InChI=1S/C17H10ClF3N6O/c1-27-8-12(17(19,20)21)24-14(27)10-4-2-9(3-5-10)13-25-15(28-26-13)11-6-7-22-16(18)23-11/h2-8H,1H3. The normalized spacial score (nSPS) is 11.8. The molecule has 7 nitrogen and oxygen atoms in total. The largest absolute Gasteiger partial charge is 0.434 e. The van der Waals surface area contributed by atoms with Crippen molar-refractivity contribution < 1.29 is 17.7 Å². The van der Waals surface area contributed by atoms with E-state index in [0.717, 1.165) is 6.20 Å². The molecule has 0 fully saturated rings. The summed E-state index contributed by atoms with van der Waals surface area (Å²) >= 11 is 5.75. The maximum absolute atomic E-state index is 12.8. The van der Waals surface area contributed by atoms with Gasteiger partial charge in [-0.05, 0) is 17.7 Å². The molecular formula is C17H10ClF3N6O. The van der Waals surface area contributed by atoms with Gasteiger partial charge < -0.3 is 9.09 Å². The van der Waals surface area contributed by atoms with Crippen molar-refractivity contribution in [1.82, 2.24) is 29.7 Å². The number of aryl methyl sites for hydroxylation is 1. The highest BCUT2D eigenvalue weighted by Crippen LogP contribution is 2.31. The number of nitrogens with zero attached hydrogens (tertiary/aromatic N) is 6. The molecule has 0 unspecified atom stereocenters. The van der Waals surface area contributed by atoms with Crippen LogP contribution < -0.4 is 0 Å². The number of aromatic nitrogens is 6. The molecule has 4 rings (SSSR count). The highest BCUT2D eigenvalue weighted by molar-refractivity contribution is 6.28. The van der Waals surface area contributed by atoms with Crippen molar-refractivity contribution in [3.8, 4) is 34.4 Å². The van der Waals surface area contributed by atoms with Crippen LogP contribution in [0.4, 0.5) is 13.2 Å². The molecule has 142 valence electrons. The Balaban J connectivity index is 1.62. The van der Waals surface area contributed by atoms with E-state index in [0.29, 0.717) is 22.6 Å². The number of benzene rings is 1. The van der Waals surface area contributed by atoms with Crippen LogP contribution in [0.5, 0.6) is 0 Å². The fourth-order valence-electron chi connectivity index (χ4n) is 2.54. The van der Waals surface area contributed by atoms with Gasteiger partial charge in [-0.3, -0.25) is 0 Å². The molecule has 0 bridgehead atoms. The van der Waals surface area contributed by atoms with Crippen molar-refractivity contribution in [1.29, 1.82) is 0 Å². The molecule has 0 aliphatic heterocycles. The van der Waals surface area contributed by atoms with Gasteiger partial charge in [-0.2, -0.15) is 18.2 Å². The lowest BCUT2D eigenvalue weighted by atomic mass is 10.1. The van der Waals surface area contributed by atoms with E-state index in [-0.39, 0.29) is 17.0 Å². The second kappa shape index (κ2) is 6.71. The molecule has 0 amide bonds. The molecule has 0 aliphatic rings. The number of alkyl halides is 3. The summed E-state index contributed by atoms with van der Waals surface area (Å²) in [5.41, 5.74) is 0.570. The number of rotatable bonds is 3. The van der Waals surface area contributed by atoms with E-state index < -0.39 is 11.9 Å². The number of hydrogen-bond acceptors (Lipinski definition) is 6. The summed E-state index contributed by atoms with van der Waals surface area (Å²) in [4.78, 5) is 15.7. The van der Waals surface area contributed by atoms with Crippen molar-refractivity contribution in [2.45, 2.75) is 6.18 Å². The van der Waals surface area contributed by atoms with Crippen LogP contribution in [0.25, 0.3) is 34.4 Å². The lowest BCUT2D eigenvalue weighted by Crippen LogP contribution is -2.04. The van der Waals surface area contributed by atoms with Crippen molar-refractivity contribution in [2.24, 2.45) is 7.05 Å². The Kier molecular flexibility index (Phi) is 4.34. The first-order valence-corrected chi connectivity index (χ1v) is 8.23. The van der Waals surface area contributed by atoms with Gasteiger partial charge in [0.15, 0.2) is 5.69 Å². The predicted octanol–water partition coefficient (Wildman–Crippen LogP) is 4.27. The van der Waals surface area contributed by atoms with Crippen LogP contribution >= 0.6 is 11.6 Å². The quantitative estimate of drug-likeness (QED) is 0.473. The van der Waals surface area contributed by atoms with Crippen molar-refractivity contribution in [2.75, 3.05) is 0 Å². The third kappa shape index (κ3) is 3.46. The maximum Gasteiger partial charge on any atom is 0.434 e. The highest BCUT2D eigenvalue weighted by atomic mass is 35.5. The monoisotopic (exact) mass is 406 g/mol. The Hall–Kier alpha value is -3.27. The zero-order chi connectivity index (χ0) is 19.9. The van der Waals surface area contributed by atoms with Crippen molar-refractivity contribution in [3.63, 3.8) is 0 Å². The van der Waals surface area contributed by atoms with E-state index in [2.05, 4.69) is 25.1 Å². The Morgan fingerprint density at radius 3 is 2.36 bits per heavy atom. The molecule has 1 aromatic carbocycles. The van der Waals surface area contributed by atoms with Gasteiger partial charge in [0.05, 0.1) is 0 Å². The lowest BCUT2D eigenvalue weighted by Gasteiger charge is -2.02. The molecule has 11 heteroatoms. The van der Waals surface area contributed by atoms with Gasteiger partial charge in [-0.15, -0.1) is 0 Å². The van der Waals surface area contributed by atoms with Gasteiger partial charge in [0.25, 0.3) is 5.89 Å². The Morgan fingerprint density at radius 2 is 1.71 bits per heavy atom. The molecule has 0 spiro atoms. The molecule has 3 heterocycles. The van der Waals surface area contributed by atoms with E-state index in [9.17, 15) is 13.2 Å². The second-order valence-corrected chi connectivity index (χ2v) is 6.11. The zero-order valence-corrected chi connectivity index (χ0v) is 14.9. The second-order valence-electron chi connectivity index (χ2n) is 5.77. The van der Waals surface area contributed by atoms with Crippen LogP contribution in [0.1, 0.15) is 5.69 Å². The highest BCUT2D eigenvalue weighted by Gasteiger charge is 2.34. The first-order chi connectivity index (χ1) is 13.3.